The summed E-state index contributed by atoms with van der Waals surface area (Å²) in [5.41, 5.74) is 0. The maximum absolute atomic E-state index is 12.4. The van der Waals surface area contributed by atoms with Crippen LogP contribution in [0, 0.1) is 5.92 Å². The summed E-state index contributed by atoms with van der Waals surface area (Å²) in [5, 5.41) is 8.75. The van der Waals surface area contributed by atoms with Crippen LogP contribution in [0.25, 0.3) is 0 Å². The van der Waals surface area contributed by atoms with Crippen molar-refractivity contribution in [1.29, 1.82) is 0 Å². The van der Waals surface area contributed by atoms with Crippen LogP contribution in [0.4, 0.5) is 0 Å². The Balaban J connectivity index is 2.00. The number of rotatable bonds is 5. The second kappa shape index (κ2) is 6.35. The lowest BCUT2D eigenvalue weighted by atomic mass is 9.79. The molecule has 18 heavy (non-hydrogen) atoms. The van der Waals surface area contributed by atoms with Gasteiger partial charge in [0.25, 0.3) is 0 Å². The number of aliphatic hydroxyl groups excluding tert-OH is 1. The zero-order valence-electron chi connectivity index (χ0n) is 11.1. The second-order valence-electron chi connectivity index (χ2n) is 5.61. The van der Waals surface area contributed by atoms with Crippen molar-refractivity contribution < 1.29 is 13.5 Å². The molecule has 2 atom stereocenters. The van der Waals surface area contributed by atoms with Gasteiger partial charge in [-0.3, -0.25) is 0 Å². The van der Waals surface area contributed by atoms with Crippen molar-refractivity contribution in [1.82, 2.24) is 4.31 Å². The summed E-state index contributed by atoms with van der Waals surface area (Å²) in [4.78, 5) is 0. The predicted octanol–water partition coefficient (Wildman–Crippen LogP) is 1.74. The average molecular weight is 275 g/mol. The molecule has 2 fully saturated rings. The van der Waals surface area contributed by atoms with E-state index in [1.165, 1.54) is 25.7 Å². The lowest BCUT2D eigenvalue weighted by Crippen LogP contribution is -2.50. The molecule has 5 heteroatoms. The molecule has 1 saturated carbocycles. The average Bonchev–Trinajstić information content (AvgIpc) is 2.38. The predicted molar refractivity (Wildman–Crippen MR) is 71.8 cm³/mol. The van der Waals surface area contributed by atoms with Crippen molar-refractivity contribution >= 4 is 10.0 Å². The van der Waals surface area contributed by atoms with E-state index >= 15 is 0 Å². The van der Waals surface area contributed by atoms with Crippen molar-refractivity contribution in [2.24, 2.45) is 5.92 Å². The van der Waals surface area contributed by atoms with Crippen molar-refractivity contribution in [2.75, 3.05) is 18.9 Å². The summed E-state index contributed by atoms with van der Waals surface area (Å²) in [5.74, 6) is 0.802. The van der Waals surface area contributed by atoms with Crippen LogP contribution in [0.5, 0.6) is 0 Å². The molecule has 0 bridgehead atoms. The standard InChI is InChI=1S/C13H25NO3S/c15-10-3-4-11-18(16,17)14-9-5-7-12-6-1-2-8-13(12)14/h12-13,15H,1-11H2. The monoisotopic (exact) mass is 275 g/mol. The Labute approximate surface area is 110 Å². The number of unbranched alkanes of at least 4 members (excludes halogenated alkanes) is 1. The van der Waals surface area contributed by atoms with Crippen molar-refractivity contribution in [2.45, 2.75) is 57.4 Å². The Kier molecular flexibility index (Phi) is 5.04. The molecule has 2 unspecified atom stereocenters. The Morgan fingerprint density at radius 1 is 1.06 bits per heavy atom. The lowest BCUT2D eigenvalue weighted by molar-refractivity contribution is 0.129. The van der Waals surface area contributed by atoms with Gasteiger partial charge in [-0.2, -0.15) is 4.31 Å². The normalized spacial score (nSPS) is 30.1. The first-order valence-corrected chi connectivity index (χ1v) is 8.86. The molecule has 0 amide bonds. The van der Waals surface area contributed by atoms with Gasteiger partial charge in [-0.15, -0.1) is 0 Å². The SMILES string of the molecule is O=S(=O)(CCCCO)N1CCCC2CCCCC21. The summed E-state index contributed by atoms with van der Waals surface area (Å²) >= 11 is 0. The number of hydrogen-bond acceptors (Lipinski definition) is 3. The Morgan fingerprint density at radius 2 is 1.78 bits per heavy atom. The van der Waals surface area contributed by atoms with Crippen molar-refractivity contribution in [3.63, 3.8) is 0 Å². The molecule has 0 spiro atoms. The fourth-order valence-corrected chi connectivity index (χ4v) is 5.34. The zero-order chi connectivity index (χ0) is 13.0. The molecule has 1 saturated heterocycles. The first-order valence-electron chi connectivity index (χ1n) is 7.25. The van der Waals surface area contributed by atoms with Gasteiger partial charge in [-0.25, -0.2) is 8.42 Å². The third-order valence-corrected chi connectivity index (χ3v) is 6.33. The van der Waals surface area contributed by atoms with Crippen LogP contribution in [0.3, 0.4) is 0 Å². The summed E-state index contributed by atoms with van der Waals surface area (Å²) in [7, 11) is -3.10. The molecule has 106 valence electrons. The molecule has 1 N–H and O–H groups in total. The van der Waals surface area contributed by atoms with Crippen LogP contribution in [-0.4, -0.2) is 42.8 Å². The molecule has 0 aromatic heterocycles. The van der Waals surface area contributed by atoms with Crippen molar-refractivity contribution in [3.05, 3.63) is 0 Å². The van der Waals surface area contributed by atoms with Gasteiger partial charge in [0.15, 0.2) is 0 Å². The summed E-state index contributed by atoms with van der Waals surface area (Å²) in [6.07, 6.45) is 8.06. The van der Waals surface area contributed by atoms with Gasteiger partial charge >= 0.3 is 0 Å². The summed E-state index contributed by atoms with van der Waals surface area (Å²) in [6.45, 7) is 0.796. The van der Waals surface area contributed by atoms with Crippen LogP contribution < -0.4 is 0 Å². The lowest BCUT2D eigenvalue weighted by Gasteiger charge is -2.43. The molecular weight excluding hydrogens is 250 g/mol. The number of aliphatic hydroxyl groups is 1. The van der Waals surface area contributed by atoms with Gasteiger partial charge in [-0.1, -0.05) is 12.8 Å². The van der Waals surface area contributed by atoms with Gasteiger partial charge in [0.05, 0.1) is 5.75 Å². The highest BCUT2D eigenvalue weighted by Gasteiger charge is 2.38. The largest absolute Gasteiger partial charge is 0.396 e. The number of sulfonamides is 1. The highest BCUT2D eigenvalue weighted by molar-refractivity contribution is 7.89. The Hall–Kier alpha value is -0.130. The fraction of sp³-hybridized carbons (Fsp3) is 1.00. The van der Waals surface area contributed by atoms with Gasteiger partial charge in [-0.05, 0) is 44.4 Å². The van der Waals surface area contributed by atoms with E-state index in [0.717, 1.165) is 12.8 Å². The number of piperidine rings is 1. The number of hydrogen-bond donors (Lipinski definition) is 1. The summed E-state index contributed by atoms with van der Waals surface area (Å²) < 4.78 is 26.5. The molecular formula is C13H25NO3S. The molecule has 1 aliphatic carbocycles. The first kappa shape index (κ1) is 14.3. The third-order valence-electron chi connectivity index (χ3n) is 4.36. The van der Waals surface area contributed by atoms with Gasteiger partial charge < -0.3 is 5.11 Å². The fourth-order valence-electron chi connectivity index (χ4n) is 3.44. The second-order valence-corrected chi connectivity index (χ2v) is 7.65. The topological polar surface area (TPSA) is 57.6 Å². The molecule has 1 aliphatic heterocycles. The minimum absolute atomic E-state index is 0.0849. The van der Waals surface area contributed by atoms with E-state index < -0.39 is 10.0 Å². The highest BCUT2D eigenvalue weighted by Crippen LogP contribution is 2.36. The van der Waals surface area contributed by atoms with Crippen LogP contribution in [0.1, 0.15) is 51.4 Å². The molecule has 0 aromatic rings. The van der Waals surface area contributed by atoms with E-state index in [2.05, 4.69) is 0 Å². The first-order chi connectivity index (χ1) is 8.65. The van der Waals surface area contributed by atoms with Crippen molar-refractivity contribution in [3.8, 4) is 0 Å². The minimum atomic E-state index is -3.10. The molecule has 2 rings (SSSR count). The maximum atomic E-state index is 12.4. The zero-order valence-corrected chi connectivity index (χ0v) is 11.9. The van der Waals surface area contributed by atoms with Crippen LogP contribution in [0.2, 0.25) is 0 Å². The van der Waals surface area contributed by atoms with E-state index in [1.807, 2.05) is 0 Å². The van der Waals surface area contributed by atoms with E-state index in [1.54, 1.807) is 4.31 Å². The van der Waals surface area contributed by atoms with E-state index in [4.69, 9.17) is 5.11 Å². The molecule has 2 aliphatic rings. The maximum Gasteiger partial charge on any atom is 0.214 e. The van der Waals surface area contributed by atoms with Gasteiger partial charge in [0, 0.05) is 19.2 Å². The van der Waals surface area contributed by atoms with E-state index in [0.29, 0.717) is 25.3 Å². The van der Waals surface area contributed by atoms with Crippen LogP contribution >= 0.6 is 0 Å². The molecule has 4 nitrogen and oxygen atoms in total. The highest BCUT2D eigenvalue weighted by atomic mass is 32.2. The van der Waals surface area contributed by atoms with Gasteiger partial charge in [0.1, 0.15) is 0 Å². The quantitative estimate of drug-likeness (QED) is 0.778. The Bertz CT molecular complexity index is 353. The number of nitrogens with zero attached hydrogens (tertiary/aromatic N) is 1. The molecule has 0 aromatic carbocycles. The van der Waals surface area contributed by atoms with E-state index in [-0.39, 0.29) is 18.4 Å². The van der Waals surface area contributed by atoms with E-state index in [9.17, 15) is 8.42 Å². The summed E-state index contributed by atoms with van der Waals surface area (Å²) in [6, 6.07) is 0.270. The van der Waals surface area contributed by atoms with Crippen LogP contribution in [-0.2, 0) is 10.0 Å². The van der Waals surface area contributed by atoms with Crippen LogP contribution in [0.15, 0.2) is 0 Å². The molecule has 1 heterocycles. The number of fused-ring (bicyclic) bond motifs is 1. The smallest absolute Gasteiger partial charge is 0.214 e. The van der Waals surface area contributed by atoms with Gasteiger partial charge in [0.2, 0.25) is 10.0 Å². The third kappa shape index (κ3) is 3.25. The minimum Gasteiger partial charge on any atom is -0.396 e. The Morgan fingerprint density at radius 3 is 2.56 bits per heavy atom. The molecule has 0 radical (unpaired) electrons.